The summed E-state index contributed by atoms with van der Waals surface area (Å²) in [5.74, 6) is 0.680. The Hall–Kier alpha value is -2.47. The van der Waals surface area contributed by atoms with Crippen LogP contribution in [-0.4, -0.2) is 32.2 Å². The van der Waals surface area contributed by atoms with Gasteiger partial charge in [-0.3, -0.25) is 0 Å². The van der Waals surface area contributed by atoms with Crippen LogP contribution in [0.4, 0.5) is 8.78 Å². The van der Waals surface area contributed by atoms with E-state index in [2.05, 4.69) is 0 Å². The second-order valence-electron chi connectivity index (χ2n) is 8.30. The highest BCUT2D eigenvalue weighted by molar-refractivity contribution is 5.54. The van der Waals surface area contributed by atoms with Crippen molar-refractivity contribution in [1.29, 1.82) is 0 Å². The van der Waals surface area contributed by atoms with Gasteiger partial charge < -0.3 is 19.4 Å². The van der Waals surface area contributed by atoms with Crippen molar-refractivity contribution in [2.75, 3.05) is 20.8 Å². The number of rotatable bonds is 8. The fourth-order valence-corrected chi connectivity index (χ4v) is 3.15. The standard InChI is InChI=1S/C12H17FO2.C12H15FO2/c2*1-12(2,6-7-14)10-8-9(13)4-5-11(10)15-3/h4-5,8,14H,6-7H2,1-3H3;4-5,7-8H,6H2,1-3H3. The number of halogens is 2. The summed E-state index contributed by atoms with van der Waals surface area (Å²) in [6.07, 6.45) is 1.75. The Morgan fingerprint density at radius 2 is 1.30 bits per heavy atom. The molecule has 1 N–H and O–H groups in total. The molecule has 0 fully saturated rings. The smallest absolute Gasteiger partial charge is 0.123 e. The van der Waals surface area contributed by atoms with Crippen LogP contribution in [0.1, 0.15) is 51.7 Å². The molecule has 30 heavy (non-hydrogen) atoms. The quantitative estimate of drug-likeness (QED) is 0.595. The van der Waals surface area contributed by atoms with Crippen LogP contribution in [-0.2, 0) is 15.6 Å². The van der Waals surface area contributed by atoms with E-state index in [-0.39, 0.29) is 23.7 Å². The van der Waals surface area contributed by atoms with Gasteiger partial charge in [0, 0.05) is 29.6 Å². The molecule has 0 saturated carbocycles. The van der Waals surface area contributed by atoms with Crippen LogP contribution < -0.4 is 9.47 Å². The first-order valence-electron chi connectivity index (χ1n) is 9.75. The van der Waals surface area contributed by atoms with Gasteiger partial charge in [-0.2, -0.15) is 0 Å². The van der Waals surface area contributed by atoms with E-state index in [1.165, 1.54) is 31.4 Å². The number of aliphatic hydroxyl groups is 1. The summed E-state index contributed by atoms with van der Waals surface area (Å²) in [5.41, 5.74) is 0.813. The van der Waals surface area contributed by atoms with Crippen molar-refractivity contribution in [3.05, 3.63) is 59.2 Å². The van der Waals surface area contributed by atoms with E-state index >= 15 is 0 Å². The molecular weight excluding hydrogens is 390 g/mol. The van der Waals surface area contributed by atoms with Gasteiger partial charge in [-0.15, -0.1) is 0 Å². The minimum absolute atomic E-state index is 0.0761. The first-order chi connectivity index (χ1) is 14.0. The van der Waals surface area contributed by atoms with Gasteiger partial charge in [-0.05, 0) is 48.2 Å². The van der Waals surface area contributed by atoms with E-state index in [1.807, 2.05) is 27.7 Å². The number of hydrogen-bond acceptors (Lipinski definition) is 4. The zero-order valence-corrected chi connectivity index (χ0v) is 18.6. The van der Waals surface area contributed by atoms with Crippen molar-refractivity contribution < 1.29 is 28.2 Å². The van der Waals surface area contributed by atoms with Gasteiger partial charge in [0.05, 0.1) is 14.2 Å². The van der Waals surface area contributed by atoms with Crippen LogP contribution in [0.5, 0.6) is 11.5 Å². The molecule has 0 aliphatic rings. The van der Waals surface area contributed by atoms with E-state index < -0.39 is 5.41 Å². The Morgan fingerprint density at radius 1 is 0.867 bits per heavy atom. The highest BCUT2D eigenvalue weighted by atomic mass is 19.1. The summed E-state index contributed by atoms with van der Waals surface area (Å²) in [5, 5.41) is 8.96. The van der Waals surface area contributed by atoms with Gasteiger partial charge in [-0.25, -0.2) is 8.78 Å². The third-order valence-corrected chi connectivity index (χ3v) is 5.11. The fourth-order valence-electron chi connectivity index (χ4n) is 3.15. The molecule has 0 aliphatic heterocycles. The SMILES string of the molecule is COc1ccc(F)cc1C(C)(C)CC=O.COc1ccc(F)cc1C(C)(C)CCO. The molecule has 4 nitrogen and oxygen atoms in total. The molecule has 0 spiro atoms. The van der Waals surface area contributed by atoms with Crippen molar-refractivity contribution in [2.24, 2.45) is 0 Å². The molecule has 6 heteroatoms. The van der Waals surface area contributed by atoms with Crippen LogP contribution >= 0.6 is 0 Å². The molecule has 2 rings (SSSR count). The molecular formula is C24H32F2O4. The minimum atomic E-state index is -0.408. The fraction of sp³-hybridized carbons (Fsp3) is 0.458. The van der Waals surface area contributed by atoms with Crippen LogP contribution in [0.15, 0.2) is 36.4 Å². The number of benzene rings is 2. The minimum Gasteiger partial charge on any atom is -0.496 e. The van der Waals surface area contributed by atoms with Crippen LogP contribution in [0.2, 0.25) is 0 Å². The Kier molecular flexibility index (Phi) is 9.43. The van der Waals surface area contributed by atoms with Crippen LogP contribution in [0.3, 0.4) is 0 Å². The number of carbonyl (C=O) groups excluding carboxylic acids is 1. The molecule has 2 aromatic rings. The lowest BCUT2D eigenvalue weighted by Gasteiger charge is -2.26. The predicted molar refractivity (Wildman–Crippen MR) is 114 cm³/mol. The molecule has 166 valence electrons. The molecule has 0 saturated heterocycles. The summed E-state index contributed by atoms with van der Waals surface area (Å²) in [6.45, 7) is 7.77. The molecule has 0 aromatic heterocycles. The lowest BCUT2D eigenvalue weighted by Crippen LogP contribution is -2.20. The van der Waals surface area contributed by atoms with E-state index in [1.54, 1.807) is 19.2 Å². The first kappa shape index (κ1) is 25.6. The Morgan fingerprint density at radius 3 is 1.67 bits per heavy atom. The lowest BCUT2D eigenvalue weighted by molar-refractivity contribution is -0.108. The lowest BCUT2D eigenvalue weighted by atomic mass is 9.81. The number of methoxy groups -OCH3 is 2. The average Bonchev–Trinajstić information content (AvgIpc) is 2.68. The molecule has 0 unspecified atom stereocenters. The highest BCUT2D eigenvalue weighted by Gasteiger charge is 2.25. The molecule has 0 aliphatic carbocycles. The highest BCUT2D eigenvalue weighted by Crippen LogP contribution is 2.35. The van der Waals surface area contributed by atoms with Gasteiger partial charge in [0.1, 0.15) is 29.4 Å². The second kappa shape index (κ2) is 11.1. The molecule has 0 amide bonds. The van der Waals surface area contributed by atoms with Gasteiger partial charge >= 0.3 is 0 Å². The molecule has 0 atom stereocenters. The zero-order valence-electron chi connectivity index (χ0n) is 18.6. The van der Waals surface area contributed by atoms with E-state index in [0.717, 1.165) is 17.4 Å². The predicted octanol–water partition coefficient (Wildman–Crippen LogP) is 5.20. The van der Waals surface area contributed by atoms with Gasteiger partial charge in [0.2, 0.25) is 0 Å². The molecule has 0 heterocycles. The summed E-state index contributed by atoms with van der Waals surface area (Å²) in [4.78, 5) is 10.5. The van der Waals surface area contributed by atoms with E-state index in [4.69, 9.17) is 14.6 Å². The number of aldehydes is 1. The molecule has 2 aromatic carbocycles. The van der Waals surface area contributed by atoms with Crippen LogP contribution in [0, 0.1) is 11.6 Å². The second-order valence-corrected chi connectivity index (χ2v) is 8.30. The monoisotopic (exact) mass is 422 g/mol. The largest absolute Gasteiger partial charge is 0.496 e. The number of ether oxygens (including phenoxy) is 2. The Labute approximate surface area is 177 Å². The van der Waals surface area contributed by atoms with Crippen molar-refractivity contribution in [1.82, 2.24) is 0 Å². The third-order valence-electron chi connectivity index (χ3n) is 5.11. The zero-order chi connectivity index (χ0) is 22.9. The van der Waals surface area contributed by atoms with Crippen molar-refractivity contribution in [3.63, 3.8) is 0 Å². The summed E-state index contributed by atoms with van der Waals surface area (Å²) < 4.78 is 36.6. The number of carbonyl (C=O) groups is 1. The van der Waals surface area contributed by atoms with Gasteiger partial charge in [0.15, 0.2) is 0 Å². The summed E-state index contributed by atoms with van der Waals surface area (Å²) in [6, 6.07) is 8.80. The topological polar surface area (TPSA) is 55.8 Å². The van der Waals surface area contributed by atoms with Crippen LogP contribution in [0.25, 0.3) is 0 Å². The van der Waals surface area contributed by atoms with Crippen molar-refractivity contribution in [2.45, 2.75) is 51.4 Å². The third kappa shape index (κ3) is 6.80. The van der Waals surface area contributed by atoms with Crippen molar-refractivity contribution >= 4 is 6.29 Å². The average molecular weight is 423 g/mol. The summed E-state index contributed by atoms with van der Waals surface area (Å²) in [7, 11) is 3.10. The summed E-state index contributed by atoms with van der Waals surface area (Å²) >= 11 is 0. The van der Waals surface area contributed by atoms with Gasteiger partial charge in [0.25, 0.3) is 0 Å². The molecule has 0 bridgehead atoms. The normalized spacial score (nSPS) is 11.4. The number of aliphatic hydroxyl groups excluding tert-OH is 1. The van der Waals surface area contributed by atoms with Gasteiger partial charge in [-0.1, -0.05) is 27.7 Å². The molecule has 0 radical (unpaired) electrons. The van der Waals surface area contributed by atoms with E-state index in [9.17, 15) is 13.6 Å². The van der Waals surface area contributed by atoms with Crippen molar-refractivity contribution in [3.8, 4) is 11.5 Å². The maximum Gasteiger partial charge on any atom is 0.123 e. The first-order valence-corrected chi connectivity index (χ1v) is 9.75. The Balaban J connectivity index is 0.000000300. The maximum atomic E-state index is 13.1. The maximum absolute atomic E-state index is 13.1. The van der Waals surface area contributed by atoms with E-state index in [0.29, 0.717) is 24.3 Å². The Bertz CT molecular complexity index is 832. The number of hydrogen-bond donors (Lipinski definition) is 1.